The van der Waals surface area contributed by atoms with Gasteiger partial charge in [-0.3, -0.25) is 4.79 Å². The number of benzene rings is 2. The Labute approximate surface area is 179 Å². The van der Waals surface area contributed by atoms with E-state index in [2.05, 4.69) is 36.5 Å². The van der Waals surface area contributed by atoms with E-state index in [4.69, 9.17) is 4.74 Å². The van der Waals surface area contributed by atoms with Crippen LogP contribution in [0.1, 0.15) is 37.3 Å². The zero-order chi connectivity index (χ0) is 21.4. The van der Waals surface area contributed by atoms with Crippen molar-refractivity contribution >= 4 is 15.9 Å². The first-order valence-corrected chi connectivity index (χ1v) is 12.0. The predicted molar refractivity (Wildman–Crippen MR) is 117 cm³/mol. The second-order valence-electron chi connectivity index (χ2n) is 7.45. The molecule has 1 aliphatic rings. The Kier molecular flexibility index (Phi) is 7.87. The minimum atomic E-state index is -3.40. The second kappa shape index (κ2) is 10.6. The molecule has 0 atom stereocenters. The Morgan fingerprint density at radius 2 is 1.63 bits per heavy atom. The highest BCUT2D eigenvalue weighted by molar-refractivity contribution is 7.89. The van der Waals surface area contributed by atoms with Crippen LogP contribution in [0.15, 0.2) is 53.4 Å². The van der Waals surface area contributed by atoms with Crippen molar-refractivity contribution in [1.29, 1.82) is 0 Å². The fraction of sp³-hybridized carbons (Fsp3) is 0.435. The Hall–Kier alpha value is -2.38. The molecule has 2 aromatic carbocycles. The van der Waals surface area contributed by atoms with Crippen LogP contribution in [0.25, 0.3) is 0 Å². The highest BCUT2D eigenvalue weighted by atomic mass is 32.2. The van der Waals surface area contributed by atoms with Gasteiger partial charge in [0, 0.05) is 19.5 Å². The minimum Gasteiger partial charge on any atom is -0.492 e. The number of rotatable bonds is 10. The molecule has 162 valence electrons. The van der Waals surface area contributed by atoms with E-state index in [1.807, 2.05) is 0 Å². The molecule has 0 bridgehead atoms. The number of aryl methyl sites for hydroxylation is 2. The average molecular weight is 431 g/mol. The normalized spacial score (nSPS) is 14.6. The summed E-state index contributed by atoms with van der Waals surface area (Å²) in [5.41, 5.74) is 2.45. The van der Waals surface area contributed by atoms with Gasteiger partial charge in [-0.25, -0.2) is 8.42 Å². The topological polar surface area (TPSA) is 75.7 Å². The lowest BCUT2D eigenvalue weighted by molar-refractivity contribution is -0.121. The maximum absolute atomic E-state index is 12.5. The molecule has 1 amide bonds. The molecular weight excluding hydrogens is 400 g/mol. The van der Waals surface area contributed by atoms with Gasteiger partial charge in [-0.2, -0.15) is 4.31 Å². The van der Waals surface area contributed by atoms with E-state index in [0.29, 0.717) is 44.8 Å². The maximum atomic E-state index is 12.5. The van der Waals surface area contributed by atoms with E-state index in [1.165, 1.54) is 9.87 Å². The van der Waals surface area contributed by atoms with Crippen LogP contribution < -0.4 is 10.1 Å². The zero-order valence-electron chi connectivity index (χ0n) is 17.5. The molecule has 0 saturated carbocycles. The molecule has 0 aliphatic carbocycles. The van der Waals surface area contributed by atoms with E-state index in [9.17, 15) is 13.2 Å². The lowest BCUT2D eigenvalue weighted by atomic mass is 10.1. The number of nitrogens with zero attached hydrogens (tertiary/aromatic N) is 1. The summed E-state index contributed by atoms with van der Waals surface area (Å²) >= 11 is 0. The predicted octanol–water partition coefficient (Wildman–Crippen LogP) is 3.16. The highest BCUT2D eigenvalue weighted by Crippen LogP contribution is 2.22. The number of ether oxygens (including phenoxy) is 1. The molecule has 1 aliphatic heterocycles. The largest absolute Gasteiger partial charge is 0.492 e. The number of hydrogen-bond acceptors (Lipinski definition) is 4. The Balaban J connectivity index is 1.37. The molecule has 2 aromatic rings. The summed E-state index contributed by atoms with van der Waals surface area (Å²) < 4.78 is 32.2. The Morgan fingerprint density at radius 3 is 2.27 bits per heavy atom. The maximum Gasteiger partial charge on any atom is 0.243 e. The third-order valence-electron chi connectivity index (χ3n) is 5.29. The second-order valence-corrected chi connectivity index (χ2v) is 9.39. The molecule has 7 heteroatoms. The van der Waals surface area contributed by atoms with Gasteiger partial charge in [-0.15, -0.1) is 0 Å². The van der Waals surface area contributed by atoms with Crippen molar-refractivity contribution in [2.24, 2.45) is 0 Å². The van der Waals surface area contributed by atoms with Crippen molar-refractivity contribution in [2.75, 3.05) is 26.2 Å². The van der Waals surface area contributed by atoms with Gasteiger partial charge in [0.25, 0.3) is 0 Å². The molecule has 1 N–H and O–H groups in total. The molecule has 0 radical (unpaired) electrons. The number of carbonyl (C=O) groups is 1. The van der Waals surface area contributed by atoms with Gasteiger partial charge in [0.1, 0.15) is 12.4 Å². The van der Waals surface area contributed by atoms with Gasteiger partial charge in [-0.05, 0) is 61.1 Å². The van der Waals surface area contributed by atoms with Gasteiger partial charge in [-0.1, -0.05) is 31.2 Å². The molecule has 3 rings (SSSR count). The lowest BCUT2D eigenvalue weighted by Gasteiger charge is -2.15. The van der Waals surface area contributed by atoms with Crippen LogP contribution in [0, 0.1) is 0 Å². The van der Waals surface area contributed by atoms with E-state index in [1.54, 1.807) is 24.3 Å². The monoisotopic (exact) mass is 430 g/mol. The lowest BCUT2D eigenvalue weighted by Crippen LogP contribution is -2.28. The van der Waals surface area contributed by atoms with Gasteiger partial charge >= 0.3 is 0 Å². The van der Waals surface area contributed by atoms with E-state index >= 15 is 0 Å². The standard InChI is InChI=1S/C23H30N2O4S/c1-2-19-5-7-20(8-6-19)9-14-23(26)24-15-18-29-21-10-12-22(13-11-21)30(27,28)25-16-3-4-17-25/h5-8,10-13H,2-4,9,14-18H2,1H3,(H,24,26). The summed E-state index contributed by atoms with van der Waals surface area (Å²) in [6.45, 7) is 4.03. The van der Waals surface area contributed by atoms with Crippen LogP contribution in [0.2, 0.25) is 0 Å². The van der Waals surface area contributed by atoms with Crippen molar-refractivity contribution in [3.63, 3.8) is 0 Å². The third kappa shape index (κ3) is 6.06. The highest BCUT2D eigenvalue weighted by Gasteiger charge is 2.26. The molecule has 0 spiro atoms. The summed E-state index contributed by atoms with van der Waals surface area (Å²) in [5, 5.41) is 2.85. The van der Waals surface area contributed by atoms with Crippen LogP contribution in [0.3, 0.4) is 0 Å². The summed E-state index contributed by atoms with van der Waals surface area (Å²) in [6, 6.07) is 14.8. The van der Waals surface area contributed by atoms with Crippen molar-refractivity contribution < 1.29 is 17.9 Å². The fourth-order valence-corrected chi connectivity index (χ4v) is 4.95. The third-order valence-corrected chi connectivity index (χ3v) is 7.20. The fourth-order valence-electron chi connectivity index (χ4n) is 3.43. The van der Waals surface area contributed by atoms with Crippen molar-refractivity contribution in [1.82, 2.24) is 9.62 Å². The van der Waals surface area contributed by atoms with Gasteiger partial charge in [0.15, 0.2) is 0 Å². The first kappa shape index (κ1) is 22.3. The number of hydrogen-bond donors (Lipinski definition) is 1. The molecule has 1 fully saturated rings. The van der Waals surface area contributed by atoms with Gasteiger partial charge in [0.2, 0.25) is 15.9 Å². The molecule has 0 unspecified atom stereocenters. The first-order valence-electron chi connectivity index (χ1n) is 10.6. The summed E-state index contributed by atoms with van der Waals surface area (Å²) in [7, 11) is -3.40. The SMILES string of the molecule is CCc1ccc(CCC(=O)NCCOc2ccc(S(=O)(=O)N3CCCC3)cc2)cc1. The molecule has 1 saturated heterocycles. The summed E-state index contributed by atoms with van der Waals surface area (Å²) in [5.74, 6) is 0.575. The number of sulfonamides is 1. The average Bonchev–Trinajstić information content (AvgIpc) is 3.32. The number of nitrogens with one attached hydrogen (secondary N) is 1. The molecule has 6 nitrogen and oxygen atoms in total. The Bertz CT molecular complexity index is 919. The van der Waals surface area contributed by atoms with Gasteiger partial charge in [0.05, 0.1) is 11.4 Å². The van der Waals surface area contributed by atoms with Crippen LogP contribution in [-0.2, 0) is 27.7 Å². The Morgan fingerprint density at radius 1 is 1.00 bits per heavy atom. The smallest absolute Gasteiger partial charge is 0.243 e. The summed E-state index contributed by atoms with van der Waals surface area (Å²) in [6.07, 6.45) is 3.99. The van der Waals surface area contributed by atoms with Crippen LogP contribution in [0.4, 0.5) is 0 Å². The van der Waals surface area contributed by atoms with Crippen molar-refractivity contribution in [3.05, 3.63) is 59.7 Å². The molecular formula is C23H30N2O4S. The molecule has 1 heterocycles. The van der Waals surface area contributed by atoms with Crippen molar-refractivity contribution in [3.8, 4) is 5.75 Å². The quantitative estimate of drug-likeness (QED) is 0.588. The number of carbonyl (C=O) groups excluding carboxylic acids is 1. The molecule has 0 aromatic heterocycles. The van der Waals surface area contributed by atoms with E-state index in [0.717, 1.165) is 24.8 Å². The van der Waals surface area contributed by atoms with Crippen LogP contribution >= 0.6 is 0 Å². The minimum absolute atomic E-state index is 0.00905. The van der Waals surface area contributed by atoms with Gasteiger partial charge < -0.3 is 10.1 Å². The van der Waals surface area contributed by atoms with Crippen LogP contribution in [0.5, 0.6) is 5.75 Å². The first-order chi connectivity index (χ1) is 14.5. The zero-order valence-corrected chi connectivity index (χ0v) is 18.3. The van der Waals surface area contributed by atoms with E-state index in [-0.39, 0.29) is 10.8 Å². The molecule has 30 heavy (non-hydrogen) atoms. The number of amides is 1. The van der Waals surface area contributed by atoms with Crippen molar-refractivity contribution in [2.45, 2.75) is 43.9 Å². The van der Waals surface area contributed by atoms with Crippen LogP contribution in [-0.4, -0.2) is 44.9 Å². The van der Waals surface area contributed by atoms with E-state index < -0.39 is 10.0 Å². The summed E-state index contributed by atoms with van der Waals surface area (Å²) in [4.78, 5) is 12.3.